The van der Waals surface area contributed by atoms with Crippen molar-refractivity contribution >= 4 is 11.4 Å². The lowest BCUT2D eigenvalue weighted by atomic mass is 10.2. The standard InChI is InChI=1S/C12H17FN2O2/c1-15-10-5-8(13)6-11(12(10)14)17-7-9-3-2-4-16-9/h5-6,9,15H,2-4,7,14H2,1H3. The number of nitrogen functional groups attached to an aromatic ring is 1. The third-order valence-corrected chi connectivity index (χ3v) is 2.82. The highest BCUT2D eigenvalue weighted by Gasteiger charge is 2.17. The Morgan fingerprint density at radius 3 is 3.06 bits per heavy atom. The van der Waals surface area contributed by atoms with Crippen LogP contribution in [-0.2, 0) is 4.74 Å². The highest BCUT2D eigenvalue weighted by Crippen LogP contribution is 2.31. The van der Waals surface area contributed by atoms with Crippen molar-refractivity contribution in [1.82, 2.24) is 0 Å². The number of hydrogen-bond acceptors (Lipinski definition) is 4. The van der Waals surface area contributed by atoms with Gasteiger partial charge in [0.1, 0.15) is 18.2 Å². The van der Waals surface area contributed by atoms with E-state index in [-0.39, 0.29) is 11.9 Å². The van der Waals surface area contributed by atoms with E-state index in [2.05, 4.69) is 5.32 Å². The van der Waals surface area contributed by atoms with Crippen LogP contribution in [0.3, 0.4) is 0 Å². The van der Waals surface area contributed by atoms with Crippen molar-refractivity contribution in [2.24, 2.45) is 0 Å². The van der Waals surface area contributed by atoms with Gasteiger partial charge < -0.3 is 20.5 Å². The summed E-state index contributed by atoms with van der Waals surface area (Å²) in [6.07, 6.45) is 2.12. The van der Waals surface area contributed by atoms with Gasteiger partial charge in [0, 0.05) is 19.7 Å². The Hall–Kier alpha value is -1.49. The van der Waals surface area contributed by atoms with Gasteiger partial charge in [0.15, 0.2) is 0 Å². The fourth-order valence-electron chi connectivity index (χ4n) is 1.88. The van der Waals surface area contributed by atoms with Crippen LogP contribution in [0.2, 0.25) is 0 Å². The topological polar surface area (TPSA) is 56.5 Å². The third-order valence-electron chi connectivity index (χ3n) is 2.82. The molecule has 1 aromatic carbocycles. The molecule has 1 unspecified atom stereocenters. The number of nitrogens with two attached hydrogens (primary N) is 1. The predicted octanol–water partition coefficient (Wildman–Crippen LogP) is 2.01. The quantitative estimate of drug-likeness (QED) is 0.790. The molecule has 1 heterocycles. The highest BCUT2D eigenvalue weighted by atomic mass is 19.1. The Bertz CT molecular complexity index is 392. The Morgan fingerprint density at radius 1 is 1.59 bits per heavy atom. The molecule has 1 aromatic rings. The molecule has 1 saturated heterocycles. The lowest BCUT2D eigenvalue weighted by Crippen LogP contribution is -2.17. The van der Waals surface area contributed by atoms with E-state index in [9.17, 15) is 4.39 Å². The fourth-order valence-corrected chi connectivity index (χ4v) is 1.88. The van der Waals surface area contributed by atoms with Gasteiger partial charge in [-0.1, -0.05) is 0 Å². The molecule has 0 radical (unpaired) electrons. The first-order valence-electron chi connectivity index (χ1n) is 5.72. The molecule has 1 atom stereocenters. The second kappa shape index (κ2) is 5.23. The molecule has 2 rings (SSSR count). The summed E-state index contributed by atoms with van der Waals surface area (Å²) in [7, 11) is 1.69. The molecule has 0 bridgehead atoms. The van der Waals surface area contributed by atoms with E-state index in [0.717, 1.165) is 19.4 Å². The molecule has 0 spiro atoms. The zero-order valence-corrected chi connectivity index (χ0v) is 9.83. The van der Waals surface area contributed by atoms with Gasteiger partial charge in [-0.25, -0.2) is 4.39 Å². The number of hydrogen-bond donors (Lipinski definition) is 2. The van der Waals surface area contributed by atoms with Gasteiger partial charge in [0.05, 0.1) is 17.5 Å². The average Bonchev–Trinajstić information content (AvgIpc) is 2.82. The van der Waals surface area contributed by atoms with Crippen molar-refractivity contribution in [2.75, 3.05) is 31.3 Å². The van der Waals surface area contributed by atoms with E-state index in [1.807, 2.05) is 0 Å². The fraction of sp³-hybridized carbons (Fsp3) is 0.500. The normalized spacial score (nSPS) is 19.3. The van der Waals surface area contributed by atoms with E-state index < -0.39 is 0 Å². The number of ether oxygens (including phenoxy) is 2. The van der Waals surface area contributed by atoms with Crippen LogP contribution < -0.4 is 15.8 Å². The number of rotatable bonds is 4. The molecule has 94 valence electrons. The molecule has 1 aliphatic rings. The maximum Gasteiger partial charge on any atom is 0.147 e. The molecule has 5 heteroatoms. The molecule has 3 N–H and O–H groups in total. The van der Waals surface area contributed by atoms with Gasteiger partial charge in [0.25, 0.3) is 0 Å². The molecular weight excluding hydrogens is 223 g/mol. The summed E-state index contributed by atoms with van der Waals surface area (Å²) in [4.78, 5) is 0. The average molecular weight is 240 g/mol. The number of benzene rings is 1. The van der Waals surface area contributed by atoms with Gasteiger partial charge in [-0.2, -0.15) is 0 Å². The van der Waals surface area contributed by atoms with Gasteiger partial charge in [-0.15, -0.1) is 0 Å². The van der Waals surface area contributed by atoms with Gasteiger partial charge >= 0.3 is 0 Å². The molecule has 1 fully saturated rings. The Morgan fingerprint density at radius 2 is 2.41 bits per heavy atom. The second-order valence-corrected chi connectivity index (χ2v) is 4.06. The monoisotopic (exact) mass is 240 g/mol. The minimum atomic E-state index is -0.370. The van der Waals surface area contributed by atoms with E-state index in [1.165, 1.54) is 12.1 Å². The minimum Gasteiger partial charge on any atom is -0.489 e. The van der Waals surface area contributed by atoms with Crippen LogP contribution in [0, 0.1) is 5.82 Å². The van der Waals surface area contributed by atoms with Crippen LogP contribution in [0.15, 0.2) is 12.1 Å². The predicted molar refractivity (Wildman–Crippen MR) is 64.8 cm³/mol. The number of anilines is 2. The summed E-state index contributed by atoms with van der Waals surface area (Å²) in [5, 5.41) is 2.83. The van der Waals surface area contributed by atoms with Crippen LogP contribution in [0.4, 0.5) is 15.8 Å². The van der Waals surface area contributed by atoms with Crippen molar-refractivity contribution < 1.29 is 13.9 Å². The minimum absolute atomic E-state index is 0.0932. The lowest BCUT2D eigenvalue weighted by molar-refractivity contribution is 0.0681. The van der Waals surface area contributed by atoms with Crippen molar-refractivity contribution in [2.45, 2.75) is 18.9 Å². The summed E-state index contributed by atoms with van der Waals surface area (Å²) in [5.74, 6) is -0.00394. The molecule has 4 nitrogen and oxygen atoms in total. The number of halogens is 1. The van der Waals surface area contributed by atoms with E-state index >= 15 is 0 Å². The Kier molecular flexibility index (Phi) is 3.68. The molecule has 0 amide bonds. The Balaban J connectivity index is 2.06. The molecule has 0 saturated carbocycles. The second-order valence-electron chi connectivity index (χ2n) is 4.06. The van der Waals surface area contributed by atoms with Crippen LogP contribution in [0.25, 0.3) is 0 Å². The molecule has 0 aliphatic carbocycles. The molecule has 17 heavy (non-hydrogen) atoms. The molecule has 0 aromatic heterocycles. The van der Waals surface area contributed by atoms with Crippen molar-refractivity contribution in [3.05, 3.63) is 17.9 Å². The van der Waals surface area contributed by atoms with Crippen molar-refractivity contribution in [3.63, 3.8) is 0 Å². The van der Waals surface area contributed by atoms with E-state index in [4.69, 9.17) is 15.2 Å². The zero-order chi connectivity index (χ0) is 12.3. The Labute approximate surface area is 99.9 Å². The van der Waals surface area contributed by atoms with Gasteiger partial charge in [-0.3, -0.25) is 0 Å². The first-order valence-corrected chi connectivity index (χ1v) is 5.72. The summed E-state index contributed by atoms with van der Waals surface area (Å²) in [5.41, 5.74) is 6.81. The highest BCUT2D eigenvalue weighted by molar-refractivity contribution is 5.72. The van der Waals surface area contributed by atoms with Crippen LogP contribution in [0.5, 0.6) is 5.75 Å². The lowest BCUT2D eigenvalue weighted by Gasteiger charge is -2.15. The van der Waals surface area contributed by atoms with E-state index in [0.29, 0.717) is 23.7 Å². The first-order chi connectivity index (χ1) is 8.20. The van der Waals surface area contributed by atoms with Crippen LogP contribution >= 0.6 is 0 Å². The summed E-state index contributed by atoms with van der Waals surface area (Å²) < 4.78 is 24.2. The van der Waals surface area contributed by atoms with E-state index in [1.54, 1.807) is 7.05 Å². The largest absolute Gasteiger partial charge is 0.489 e. The van der Waals surface area contributed by atoms with Crippen molar-refractivity contribution in [3.8, 4) is 5.75 Å². The van der Waals surface area contributed by atoms with Gasteiger partial charge in [0.2, 0.25) is 0 Å². The first kappa shape index (κ1) is 12.0. The van der Waals surface area contributed by atoms with Crippen LogP contribution in [-0.4, -0.2) is 26.4 Å². The summed E-state index contributed by atoms with van der Waals surface area (Å²) in [6, 6.07) is 2.64. The zero-order valence-electron chi connectivity index (χ0n) is 9.83. The van der Waals surface area contributed by atoms with Crippen molar-refractivity contribution in [1.29, 1.82) is 0 Å². The summed E-state index contributed by atoms with van der Waals surface area (Å²) in [6.45, 7) is 1.19. The number of nitrogens with one attached hydrogen (secondary N) is 1. The molecule has 1 aliphatic heterocycles. The molecular formula is C12H17FN2O2. The third kappa shape index (κ3) is 2.79. The maximum absolute atomic E-state index is 13.3. The smallest absolute Gasteiger partial charge is 0.147 e. The van der Waals surface area contributed by atoms with Crippen LogP contribution in [0.1, 0.15) is 12.8 Å². The van der Waals surface area contributed by atoms with Gasteiger partial charge in [-0.05, 0) is 18.9 Å². The summed E-state index contributed by atoms with van der Waals surface area (Å²) >= 11 is 0. The SMILES string of the molecule is CNc1cc(F)cc(OCC2CCCO2)c1N. The maximum atomic E-state index is 13.3.